The smallest absolute Gasteiger partial charge is 0.196 e. The predicted molar refractivity (Wildman–Crippen MR) is 86.7 cm³/mol. The van der Waals surface area contributed by atoms with Crippen LogP contribution < -0.4 is 20.2 Å². The van der Waals surface area contributed by atoms with E-state index in [1.807, 2.05) is 0 Å². The summed E-state index contributed by atoms with van der Waals surface area (Å²) in [6.07, 6.45) is 3.25. The van der Waals surface area contributed by atoms with E-state index < -0.39 is 0 Å². The molecule has 1 aromatic carbocycles. The van der Waals surface area contributed by atoms with E-state index in [0.717, 1.165) is 0 Å². The number of aromatic nitrogens is 2. The maximum Gasteiger partial charge on any atom is 0.196 e. The molecule has 0 radical (unpaired) electrons. The second-order valence-corrected chi connectivity index (χ2v) is 5.82. The average molecular weight is 357 g/mol. The summed E-state index contributed by atoms with van der Waals surface area (Å²) in [5.41, 5.74) is 0. The molecule has 2 aliphatic heterocycles. The van der Waals surface area contributed by atoms with E-state index in [0.29, 0.717) is 45.3 Å². The number of ether oxygens (including phenoxy) is 2. The van der Waals surface area contributed by atoms with Gasteiger partial charge in [-0.2, -0.15) is 0 Å². The van der Waals surface area contributed by atoms with Crippen molar-refractivity contribution >= 4 is 34.8 Å². The predicted octanol–water partition coefficient (Wildman–Crippen LogP) is 3.90. The van der Waals surface area contributed by atoms with Gasteiger partial charge in [0.1, 0.15) is 20.8 Å². The Hall–Kier alpha value is -2.70. The number of pyridine rings is 2. The van der Waals surface area contributed by atoms with Crippen molar-refractivity contribution in [2.45, 2.75) is 0 Å². The SMILES string of the molecule is Clc1c2c(c(Cl)c3c1=Nc1ncccc1O3)=Nc1ncccc1O2. The molecule has 0 spiro atoms. The van der Waals surface area contributed by atoms with Crippen molar-refractivity contribution in [3.63, 3.8) is 0 Å². The second-order valence-electron chi connectivity index (χ2n) is 5.06. The van der Waals surface area contributed by atoms with Crippen LogP contribution in [0.4, 0.5) is 11.6 Å². The van der Waals surface area contributed by atoms with E-state index in [1.165, 1.54) is 0 Å². The van der Waals surface area contributed by atoms with E-state index in [-0.39, 0.29) is 10.0 Å². The lowest BCUT2D eigenvalue weighted by Gasteiger charge is -2.19. The van der Waals surface area contributed by atoms with Gasteiger partial charge in [0.05, 0.1) is 0 Å². The van der Waals surface area contributed by atoms with Crippen molar-refractivity contribution < 1.29 is 9.47 Å². The van der Waals surface area contributed by atoms with Crippen molar-refractivity contribution in [3.05, 3.63) is 57.4 Å². The maximum atomic E-state index is 6.48. The van der Waals surface area contributed by atoms with Crippen molar-refractivity contribution in [2.75, 3.05) is 0 Å². The minimum Gasteiger partial charge on any atom is -0.449 e. The summed E-state index contributed by atoms with van der Waals surface area (Å²) in [7, 11) is 0. The van der Waals surface area contributed by atoms with Crippen molar-refractivity contribution in [3.8, 4) is 23.0 Å². The second kappa shape index (κ2) is 4.90. The summed E-state index contributed by atoms with van der Waals surface area (Å²) in [5.74, 6) is 2.51. The first-order valence-corrected chi connectivity index (χ1v) is 7.72. The summed E-state index contributed by atoms with van der Waals surface area (Å²) in [5, 5.41) is 1.27. The van der Waals surface area contributed by atoms with Crippen LogP contribution in [0.1, 0.15) is 0 Å². The van der Waals surface area contributed by atoms with Crippen molar-refractivity contribution in [1.29, 1.82) is 0 Å². The van der Waals surface area contributed by atoms with Crippen LogP contribution in [0.3, 0.4) is 0 Å². The molecule has 0 atom stereocenters. The third-order valence-electron chi connectivity index (χ3n) is 3.61. The van der Waals surface area contributed by atoms with Gasteiger partial charge in [0.25, 0.3) is 0 Å². The van der Waals surface area contributed by atoms with Gasteiger partial charge in [0.15, 0.2) is 34.6 Å². The fourth-order valence-electron chi connectivity index (χ4n) is 2.53. The topological polar surface area (TPSA) is 69.0 Å². The molecule has 0 fully saturated rings. The molecule has 0 saturated heterocycles. The van der Waals surface area contributed by atoms with Crippen LogP contribution in [0, 0.1) is 0 Å². The monoisotopic (exact) mass is 356 g/mol. The molecule has 0 unspecified atom stereocenters. The standard InChI is InChI=1S/C16H6Cl2N4O2/c17-9-12-14(24-8-4-2-6-20-16(8)22-12)10(18)11-13(9)23-7-3-1-5-19-15(7)21-11/h1-6H. The highest BCUT2D eigenvalue weighted by molar-refractivity contribution is 6.35. The molecule has 0 aliphatic carbocycles. The van der Waals surface area contributed by atoms with Crippen LogP contribution in [0.5, 0.6) is 23.0 Å². The molecule has 0 saturated carbocycles. The highest BCUT2D eigenvalue weighted by Crippen LogP contribution is 2.40. The summed E-state index contributed by atoms with van der Waals surface area (Å²) in [6, 6.07) is 7.01. The Morgan fingerprint density at radius 3 is 1.62 bits per heavy atom. The molecule has 0 amide bonds. The zero-order valence-electron chi connectivity index (χ0n) is 11.8. The lowest BCUT2D eigenvalue weighted by molar-refractivity contribution is 0.448. The van der Waals surface area contributed by atoms with Crippen LogP contribution >= 0.6 is 23.2 Å². The minimum atomic E-state index is 0.263. The van der Waals surface area contributed by atoms with Gasteiger partial charge in [-0.25, -0.2) is 20.0 Å². The summed E-state index contributed by atoms with van der Waals surface area (Å²) < 4.78 is 11.7. The quantitative estimate of drug-likeness (QED) is 0.422. The number of hydrogen-bond acceptors (Lipinski definition) is 6. The van der Waals surface area contributed by atoms with Gasteiger partial charge in [-0.15, -0.1) is 0 Å². The lowest BCUT2D eigenvalue weighted by Crippen LogP contribution is -2.22. The van der Waals surface area contributed by atoms with Crippen LogP contribution in [0.15, 0.2) is 46.6 Å². The van der Waals surface area contributed by atoms with Gasteiger partial charge >= 0.3 is 0 Å². The van der Waals surface area contributed by atoms with Crippen LogP contribution in [0.25, 0.3) is 0 Å². The molecular weight excluding hydrogens is 351 g/mol. The van der Waals surface area contributed by atoms with Crippen molar-refractivity contribution in [2.24, 2.45) is 9.98 Å². The number of hydrogen-bond donors (Lipinski definition) is 0. The van der Waals surface area contributed by atoms with Crippen LogP contribution in [-0.4, -0.2) is 9.97 Å². The largest absolute Gasteiger partial charge is 0.449 e. The molecule has 0 bridgehead atoms. The number of nitrogens with zero attached hydrogens (tertiary/aromatic N) is 4. The third-order valence-corrected chi connectivity index (χ3v) is 4.31. The van der Waals surface area contributed by atoms with Gasteiger partial charge in [0, 0.05) is 12.4 Å². The number of benzene rings is 1. The zero-order chi connectivity index (χ0) is 16.3. The van der Waals surface area contributed by atoms with E-state index >= 15 is 0 Å². The first-order valence-electron chi connectivity index (χ1n) is 6.96. The molecule has 5 rings (SSSR count). The molecule has 0 N–H and O–H groups in total. The minimum absolute atomic E-state index is 0.263. The molecule has 8 heteroatoms. The average Bonchev–Trinajstić information content (AvgIpc) is 2.64. The van der Waals surface area contributed by atoms with Gasteiger partial charge in [-0.3, -0.25) is 0 Å². The number of rotatable bonds is 0. The normalized spacial score (nSPS) is 13.1. The van der Waals surface area contributed by atoms with E-state index in [1.54, 1.807) is 36.7 Å². The fraction of sp³-hybridized carbons (Fsp3) is 0. The summed E-state index contributed by atoms with van der Waals surface area (Å²) in [6.45, 7) is 0. The molecule has 4 heterocycles. The number of halogens is 2. The van der Waals surface area contributed by atoms with Crippen molar-refractivity contribution in [1.82, 2.24) is 9.97 Å². The molecule has 2 aliphatic rings. The first kappa shape index (κ1) is 13.7. The van der Waals surface area contributed by atoms with E-state index in [9.17, 15) is 0 Å². The van der Waals surface area contributed by atoms with E-state index in [2.05, 4.69) is 20.0 Å². The molecule has 2 aromatic heterocycles. The Morgan fingerprint density at radius 1 is 0.708 bits per heavy atom. The fourth-order valence-corrected chi connectivity index (χ4v) is 3.04. The molecule has 6 nitrogen and oxygen atoms in total. The Kier molecular flexibility index (Phi) is 2.80. The molecule has 116 valence electrons. The zero-order valence-corrected chi connectivity index (χ0v) is 13.3. The Bertz CT molecular complexity index is 1060. The first-order chi connectivity index (χ1) is 11.7. The van der Waals surface area contributed by atoms with Gasteiger partial charge in [0.2, 0.25) is 0 Å². The molecule has 24 heavy (non-hydrogen) atoms. The Labute approximate surface area is 145 Å². The van der Waals surface area contributed by atoms with Crippen LogP contribution in [0.2, 0.25) is 10.0 Å². The number of fused-ring (bicyclic) bond motifs is 4. The van der Waals surface area contributed by atoms with Gasteiger partial charge < -0.3 is 9.47 Å². The molecular formula is C16H6Cl2N4O2. The van der Waals surface area contributed by atoms with Gasteiger partial charge in [-0.1, -0.05) is 23.2 Å². The van der Waals surface area contributed by atoms with Crippen LogP contribution in [-0.2, 0) is 0 Å². The Balaban J connectivity index is 1.87. The third kappa shape index (κ3) is 1.84. The highest BCUT2D eigenvalue weighted by Gasteiger charge is 2.27. The molecule has 3 aromatic rings. The lowest BCUT2D eigenvalue weighted by atomic mass is 10.2. The Morgan fingerprint density at radius 2 is 1.17 bits per heavy atom. The highest BCUT2D eigenvalue weighted by atomic mass is 35.5. The maximum absolute atomic E-state index is 6.48. The summed E-state index contributed by atoms with van der Waals surface area (Å²) in [4.78, 5) is 17.2. The van der Waals surface area contributed by atoms with Gasteiger partial charge in [-0.05, 0) is 24.3 Å². The summed E-state index contributed by atoms with van der Waals surface area (Å²) >= 11 is 13.0. The van der Waals surface area contributed by atoms with E-state index in [4.69, 9.17) is 32.7 Å².